The molecule has 11 heteroatoms. The number of aromatic amines is 1. The van der Waals surface area contributed by atoms with Gasteiger partial charge in [-0.15, -0.1) is 0 Å². The Morgan fingerprint density at radius 3 is 2.55 bits per heavy atom. The van der Waals surface area contributed by atoms with Crippen molar-refractivity contribution in [3.8, 4) is 11.5 Å². The summed E-state index contributed by atoms with van der Waals surface area (Å²) < 4.78 is 10.8. The third-order valence-electron chi connectivity index (χ3n) is 5.43. The summed E-state index contributed by atoms with van der Waals surface area (Å²) in [5.74, 6) is 1.27. The first-order valence-corrected chi connectivity index (χ1v) is 10.3. The van der Waals surface area contributed by atoms with Gasteiger partial charge in [0.05, 0.1) is 25.4 Å². The standard InChI is InChI=1S/C22H25N7O4/c1-29(2)22-25-16-10-18(33-4)17(32-3)9-12(16)20(26-22)28-27-15-7-5-6-14-11(15)8-13(19(23)30)21(31)24-14/h8-10H,5-7H2,1-4H3,(H2,23,30)(H,24,31)(H,25,26,28). The predicted molar refractivity (Wildman–Crippen MR) is 126 cm³/mol. The Kier molecular flexibility index (Phi) is 5.86. The number of pyridine rings is 1. The van der Waals surface area contributed by atoms with Crippen LogP contribution in [0.25, 0.3) is 10.9 Å². The summed E-state index contributed by atoms with van der Waals surface area (Å²) in [4.78, 5) is 37.5. The molecule has 1 aliphatic rings. The van der Waals surface area contributed by atoms with Gasteiger partial charge in [0, 0.05) is 36.8 Å². The molecule has 0 fully saturated rings. The Morgan fingerprint density at radius 2 is 1.88 bits per heavy atom. The van der Waals surface area contributed by atoms with Crippen molar-refractivity contribution in [2.24, 2.45) is 10.8 Å². The molecule has 3 aromatic rings. The van der Waals surface area contributed by atoms with E-state index in [1.165, 1.54) is 6.07 Å². The number of ether oxygens (including phenoxy) is 2. The number of nitrogens with two attached hydrogens (primary N) is 1. The summed E-state index contributed by atoms with van der Waals surface area (Å²) in [5.41, 5.74) is 10.6. The van der Waals surface area contributed by atoms with Crippen molar-refractivity contribution in [2.45, 2.75) is 19.3 Å². The van der Waals surface area contributed by atoms with Gasteiger partial charge in [-0.05, 0) is 31.4 Å². The van der Waals surface area contributed by atoms with E-state index in [4.69, 9.17) is 15.2 Å². The molecule has 0 unspecified atom stereocenters. The van der Waals surface area contributed by atoms with Gasteiger partial charge in [0.25, 0.3) is 11.5 Å². The molecule has 1 aliphatic carbocycles. The van der Waals surface area contributed by atoms with E-state index in [9.17, 15) is 9.59 Å². The number of hydrogen-bond acceptors (Lipinski definition) is 9. The van der Waals surface area contributed by atoms with E-state index in [1.54, 1.807) is 31.3 Å². The van der Waals surface area contributed by atoms with Gasteiger partial charge < -0.3 is 25.1 Å². The summed E-state index contributed by atoms with van der Waals surface area (Å²) in [6.45, 7) is 0. The number of hydrazone groups is 1. The van der Waals surface area contributed by atoms with E-state index < -0.39 is 11.5 Å². The number of carbonyl (C=O) groups excluding carboxylic acids is 1. The third kappa shape index (κ3) is 4.16. The molecule has 0 radical (unpaired) electrons. The molecule has 0 atom stereocenters. The average Bonchev–Trinajstić information content (AvgIpc) is 2.80. The zero-order valence-electron chi connectivity index (χ0n) is 18.9. The molecular formula is C22H25N7O4. The second kappa shape index (κ2) is 8.77. The highest BCUT2D eigenvalue weighted by atomic mass is 16.5. The number of rotatable bonds is 6. The van der Waals surface area contributed by atoms with Gasteiger partial charge in [0.15, 0.2) is 17.3 Å². The van der Waals surface area contributed by atoms with E-state index in [2.05, 4.69) is 25.5 Å². The number of aryl methyl sites for hydroxylation is 1. The van der Waals surface area contributed by atoms with Gasteiger partial charge in [-0.25, -0.2) is 4.98 Å². The maximum atomic E-state index is 12.1. The smallest absolute Gasteiger partial charge is 0.261 e. The monoisotopic (exact) mass is 451 g/mol. The summed E-state index contributed by atoms with van der Waals surface area (Å²) in [5, 5.41) is 5.28. The van der Waals surface area contributed by atoms with Crippen LogP contribution in [0.2, 0.25) is 0 Å². The van der Waals surface area contributed by atoms with Crippen LogP contribution in [-0.2, 0) is 6.42 Å². The Morgan fingerprint density at radius 1 is 1.15 bits per heavy atom. The number of nitrogens with zero attached hydrogens (tertiary/aromatic N) is 4. The van der Waals surface area contributed by atoms with E-state index in [0.29, 0.717) is 58.3 Å². The Labute approximate surface area is 189 Å². The van der Waals surface area contributed by atoms with Gasteiger partial charge >= 0.3 is 0 Å². The number of fused-ring (bicyclic) bond motifs is 2. The van der Waals surface area contributed by atoms with Crippen LogP contribution in [0.3, 0.4) is 0 Å². The fourth-order valence-electron chi connectivity index (χ4n) is 3.74. The molecule has 1 aromatic carbocycles. The molecule has 0 spiro atoms. The van der Waals surface area contributed by atoms with Crippen molar-refractivity contribution in [2.75, 3.05) is 38.6 Å². The predicted octanol–water partition coefficient (Wildman–Crippen LogP) is 1.65. The van der Waals surface area contributed by atoms with Crippen LogP contribution in [-0.4, -0.2) is 54.9 Å². The molecule has 4 rings (SSSR count). The minimum Gasteiger partial charge on any atom is -0.493 e. The molecular weight excluding hydrogens is 426 g/mol. The van der Waals surface area contributed by atoms with Crippen LogP contribution in [0.5, 0.6) is 11.5 Å². The molecule has 0 bridgehead atoms. The van der Waals surface area contributed by atoms with Crippen molar-refractivity contribution in [3.63, 3.8) is 0 Å². The lowest BCUT2D eigenvalue weighted by molar-refractivity contribution is 0.0999. The van der Waals surface area contributed by atoms with Crippen molar-refractivity contribution in [1.82, 2.24) is 15.0 Å². The quantitative estimate of drug-likeness (QED) is 0.479. The summed E-state index contributed by atoms with van der Waals surface area (Å²) in [6.07, 6.45) is 2.14. The second-order valence-corrected chi connectivity index (χ2v) is 7.78. The highest BCUT2D eigenvalue weighted by Gasteiger charge is 2.21. The number of H-pyrrole nitrogens is 1. The number of aromatic nitrogens is 3. The van der Waals surface area contributed by atoms with Crippen LogP contribution in [0.1, 0.15) is 34.5 Å². The minimum atomic E-state index is -0.782. The third-order valence-corrected chi connectivity index (χ3v) is 5.43. The number of nitrogens with one attached hydrogen (secondary N) is 2. The van der Waals surface area contributed by atoms with Crippen molar-refractivity contribution in [3.05, 3.63) is 45.4 Å². The minimum absolute atomic E-state index is 0.0949. The Balaban J connectivity index is 1.82. The molecule has 172 valence electrons. The van der Waals surface area contributed by atoms with Crippen LogP contribution in [0.4, 0.5) is 11.8 Å². The lowest BCUT2D eigenvalue weighted by atomic mass is 9.93. The number of hydrogen-bond donors (Lipinski definition) is 3. The van der Waals surface area contributed by atoms with Crippen LogP contribution in [0.15, 0.2) is 28.1 Å². The number of benzene rings is 1. The summed E-state index contributed by atoms with van der Waals surface area (Å²) >= 11 is 0. The zero-order valence-corrected chi connectivity index (χ0v) is 18.9. The van der Waals surface area contributed by atoms with Gasteiger partial charge in [-0.3, -0.25) is 15.0 Å². The fraction of sp³-hybridized carbons (Fsp3) is 0.318. The van der Waals surface area contributed by atoms with E-state index in [0.717, 1.165) is 12.1 Å². The average molecular weight is 451 g/mol. The lowest BCUT2D eigenvalue weighted by Crippen LogP contribution is -2.28. The topological polar surface area (TPSA) is 148 Å². The molecule has 2 aromatic heterocycles. The molecule has 11 nitrogen and oxygen atoms in total. The number of carbonyl (C=O) groups is 1. The number of anilines is 2. The largest absolute Gasteiger partial charge is 0.493 e. The Hall–Kier alpha value is -4.15. The van der Waals surface area contributed by atoms with Crippen LogP contribution in [0, 0.1) is 0 Å². The van der Waals surface area contributed by atoms with Gasteiger partial charge in [-0.1, -0.05) is 0 Å². The van der Waals surface area contributed by atoms with E-state index in [1.807, 2.05) is 14.1 Å². The molecule has 0 aliphatic heterocycles. The van der Waals surface area contributed by atoms with E-state index in [-0.39, 0.29) is 5.56 Å². The Bertz CT molecular complexity index is 1330. The number of primary amides is 1. The van der Waals surface area contributed by atoms with Crippen molar-refractivity contribution in [1.29, 1.82) is 0 Å². The molecule has 0 saturated heterocycles. The first kappa shape index (κ1) is 22.1. The summed E-state index contributed by atoms with van der Waals surface area (Å²) in [6, 6.07) is 5.07. The van der Waals surface area contributed by atoms with Crippen LogP contribution >= 0.6 is 0 Å². The first-order valence-electron chi connectivity index (χ1n) is 10.3. The van der Waals surface area contributed by atoms with E-state index >= 15 is 0 Å². The van der Waals surface area contributed by atoms with Gasteiger partial charge in [-0.2, -0.15) is 10.1 Å². The fourth-order valence-corrected chi connectivity index (χ4v) is 3.74. The lowest BCUT2D eigenvalue weighted by Gasteiger charge is -2.19. The normalized spacial score (nSPS) is 14.1. The molecule has 1 amide bonds. The number of amides is 1. The first-order chi connectivity index (χ1) is 15.8. The van der Waals surface area contributed by atoms with Crippen LogP contribution < -0.4 is 31.1 Å². The van der Waals surface area contributed by atoms with Crippen molar-refractivity contribution >= 4 is 34.3 Å². The zero-order chi connectivity index (χ0) is 23.7. The number of methoxy groups -OCH3 is 2. The van der Waals surface area contributed by atoms with Crippen molar-refractivity contribution < 1.29 is 14.3 Å². The SMILES string of the molecule is COc1cc2nc(N(C)C)nc(NN=C3CCCc4[nH]c(=O)c(C(N)=O)cc43)c2cc1OC. The second-order valence-electron chi connectivity index (χ2n) is 7.78. The maximum absolute atomic E-state index is 12.1. The summed E-state index contributed by atoms with van der Waals surface area (Å²) in [7, 11) is 6.81. The molecule has 0 saturated carbocycles. The van der Waals surface area contributed by atoms with Gasteiger partial charge in [0.1, 0.15) is 5.56 Å². The molecule has 4 N–H and O–H groups in total. The highest BCUT2D eigenvalue weighted by Crippen LogP contribution is 2.35. The van der Waals surface area contributed by atoms with Gasteiger partial charge in [0.2, 0.25) is 5.95 Å². The highest BCUT2D eigenvalue weighted by molar-refractivity contribution is 6.05. The molecule has 33 heavy (non-hydrogen) atoms. The maximum Gasteiger partial charge on any atom is 0.261 e. The molecule has 2 heterocycles.